The van der Waals surface area contributed by atoms with Crippen molar-refractivity contribution < 1.29 is 13.9 Å². The molecule has 1 aliphatic heterocycles. The van der Waals surface area contributed by atoms with E-state index in [2.05, 4.69) is 27.6 Å². The van der Waals surface area contributed by atoms with Crippen LogP contribution >= 0.6 is 11.8 Å². The molecule has 1 N–H and O–H groups in total. The highest BCUT2D eigenvalue weighted by molar-refractivity contribution is 7.98. The van der Waals surface area contributed by atoms with Crippen LogP contribution in [0, 0.1) is 0 Å². The minimum absolute atomic E-state index is 0.0854. The summed E-state index contributed by atoms with van der Waals surface area (Å²) in [4.78, 5) is 14.4. The van der Waals surface area contributed by atoms with E-state index in [4.69, 9.17) is 9.15 Å². The van der Waals surface area contributed by atoms with E-state index in [0.717, 1.165) is 16.7 Å². The fourth-order valence-electron chi connectivity index (χ4n) is 3.66. The van der Waals surface area contributed by atoms with E-state index in [1.54, 1.807) is 11.8 Å². The fourth-order valence-corrected chi connectivity index (χ4v) is 4.07. The van der Waals surface area contributed by atoms with E-state index in [1.165, 1.54) is 4.90 Å². The first-order valence-electron chi connectivity index (χ1n) is 9.83. The van der Waals surface area contributed by atoms with Gasteiger partial charge < -0.3 is 9.15 Å². The highest BCUT2D eigenvalue weighted by Gasteiger charge is 2.33. The second kappa shape index (κ2) is 8.28. The first-order valence-corrected chi connectivity index (χ1v) is 11.1. The van der Waals surface area contributed by atoms with Crippen LogP contribution in [0.15, 0.2) is 82.1 Å². The Morgan fingerprint density at radius 1 is 0.935 bits per heavy atom. The molecule has 0 unspecified atom stereocenters. The molecule has 0 spiro atoms. The van der Waals surface area contributed by atoms with Gasteiger partial charge in [-0.15, -0.1) is 16.9 Å². The number of ether oxygens (including phenoxy) is 1. The van der Waals surface area contributed by atoms with Gasteiger partial charge in [0.25, 0.3) is 0 Å². The molecule has 0 atom stereocenters. The normalized spacial score (nSPS) is 12.5. The lowest BCUT2D eigenvalue weighted by molar-refractivity contribution is -0.117. The minimum Gasteiger partial charge on any atom is -0.457 e. The minimum atomic E-state index is -0.532. The Kier molecular flexibility index (Phi) is 5.18. The molecule has 31 heavy (non-hydrogen) atoms. The van der Waals surface area contributed by atoms with Gasteiger partial charge in [0.05, 0.1) is 12.3 Å². The van der Waals surface area contributed by atoms with E-state index in [-0.39, 0.29) is 11.9 Å². The second-order valence-corrected chi connectivity index (χ2v) is 8.01. The van der Waals surface area contributed by atoms with Gasteiger partial charge in [-0.25, -0.2) is 0 Å². The highest BCUT2D eigenvalue weighted by Crippen LogP contribution is 2.44. The second-order valence-electron chi connectivity index (χ2n) is 7.13. The average Bonchev–Trinajstić information content (AvgIpc) is 3.24. The molecular formula is C24H19N3O3S. The zero-order chi connectivity index (χ0) is 21.2. The van der Waals surface area contributed by atoms with Crippen molar-refractivity contribution in [3.63, 3.8) is 0 Å². The number of nitrogens with zero attached hydrogens (tertiary/aromatic N) is 2. The van der Waals surface area contributed by atoms with Crippen LogP contribution in [0.1, 0.15) is 28.5 Å². The molecule has 4 aromatic rings. The number of para-hydroxylation sites is 2. The van der Waals surface area contributed by atoms with Crippen LogP contribution in [0.3, 0.4) is 0 Å². The number of thioether (sulfide) groups is 1. The zero-order valence-corrected chi connectivity index (χ0v) is 17.6. The van der Waals surface area contributed by atoms with Gasteiger partial charge in [-0.2, -0.15) is 0 Å². The van der Waals surface area contributed by atoms with Crippen LogP contribution in [0.2, 0.25) is 0 Å². The number of nitrogens with one attached hydrogen (secondary N) is 1. The van der Waals surface area contributed by atoms with Crippen molar-refractivity contribution >= 4 is 23.7 Å². The Morgan fingerprint density at radius 3 is 2.23 bits per heavy atom. The number of anilines is 1. The van der Waals surface area contributed by atoms with Crippen molar-refractivity contribution in [3.05, 3.63) is 95.4 Å². The Labute approximate surface area is 183 Å². The van der Waals surface area contributed by atoms with Gasteiger partial charge in [0, 0.05) is 16.0 Å². The monoisotopic (exact) mass is 429 g/mol. The summed E-state index contributed by atoms with van der Waals surface area (Å²) in [5, 5.41) is 10.9. The topological polar surface area (TPSA) is 77.2 Å². The van der Waals surface area contributed by atoms with Gasteiger partial charge >= 0.3 is 6.01 Å². The molecule has 0 radical (unpaired) electrons. The molecule has 1 amide bonds. The lowest BCUT2D eigenvalue weighted by Crippen LogP contribution is -2.25. The van der Waals surface area contributed by atoms with Crippen molar-refractivity contribution in [1.29, 1.82) is 0 Å². The first-order chi connectivity index (χ1) is 15.2. The Morgan fingerprint density at radius 2 is 1.58 bits per heavy atom. The van der Waals surface area contributed by atoms with Gasteiger partial charge in [-0.05, 0) is 36.1 Å². The number of aromatic nitrogens is 2. The van der Waals surface area contributed by atoms with E-state index >= 15 is 0 Å². The zero-order valence-electron chi connectivity index (χ0n) is 16.7. The smallest absolute Gasteiger partial charge is 0.322 e. The molecular weight excluding hydrogens is 410 g/mol. The summed E-state index contributed by atoms with van der Waals surface area (Å²) in [5.41, 5.74) is 2.66. The number of hydrogen-bond acceptors (Lipinski definition) is 6. The van der Waals surface area contributed by atoms with Crippen LogP contribution in [-0.2, 0) is 11.2 Å². The van der Waals surface area contributed by atoms with E-state index < -0.39 is 5.92 Å². The molecule has 154 valence electrons. The largest absolute Gasteiger partial charge is 0.457 e. The SMILES string of the molecule is CSc1ccc(Cc2nnc(NC(=O)C3c4ccccc4Oc4ccccc43)o2)cc1. The third kappa shape index (κ3) is 3.92. The predicted octanol–water partition coefficient (Wildman–Crippen LogP) is 5.26. The third-order valence-corrected chi connectivity index (χ3v) is 5.90. The standard InChI is InChI=1S/C24H19N3O3S/c1-31-16-12-10-15(11-13-16)14-21-26-27-24(30-21)25-23(28)22-17-6-2-4-8-19(17)29-20-9-5-3-7-18(20)22/h2-13,22H,14H2,1H3,(H,25,27,28). The van der Waals surface area contributed by atoms with Crippen molar-refractivity contribution in [2.24, 2.45) is 0 Å². The van der Waals surface area contributed by atoms with Crippen LogP contribution in [-0.4, -0.2) is 22.4 Å². The van der Waals surface area contributed by atoms with Crippen LogP contribution in [0.25, 0.3) is 0 Å². The lowest BCUT2D eigenvalue weighted by Gasteiger charge is -2.26. The number of carbonyl (C=O) groups is 1. The van der Waals surface area contributed by atoms with Gasteiger partial charge in [-0.1, -0.05) is 53.6 Å². The molecule has 2 heterocycles. The number of fused-ring (bicyclic) bond motifs is 2. The summed E-state index contributed by atoms with van der Waals surface area (Å²) >= 11 is 1.69. The number of amides is 1. The van der Waals surface area contributed by atoms with E-state index in [1.807, 2.05) is 66.9 Å². The van der Waals surface area contributed by atoms with Gasteiger partial charge in [0.1, 0.15) is 11.5 Å². The van der Waals surface area contributed by atoms with E-state index in [0.29, 0.717) is 23.8 Å². The van der Waals surface area contributed by atoms with Crippen molar-refractivity contribution in [2.45, 2.75) is 17.2 Å². The molecule has 5 rings (SSSR count). The molecule has 1 aromatic heterocycles. The summed E-state index contributed by atoms with van der Waals surface area (Å²) < 4.78 is 11.7. The number of carbonyl (C=O) groups excluding carboxylic acids is 1. The van der Waals surface area contributed by atoms with Gasteiger partial charge in [-0.3, -0.25) is 10.1 Å². The summed E-state index contributed by atoms with van der Waals surface area (Å²) in [6.07, 6.45) is 2.54. The first kappa shape index (κ1) is 19.4. The number of benzene rings is 3. The van der Waals surface area contributed by atoms with Crippen LogP contribution in [0.4, 0.5) is 6.01 Å². The highest BCUT2D eigenvalue weighted by atomic mass is 32.2. The molecule has 6 nitrogen and oxygen atoms in total. The van der Waals surface area contributed by atoms with E-state index in [9.17, 15) is 4.79 Å². The molecule has 0 aliphatic carbocycles. The van der Waals surface area contributed by atoms with Crippen molar-refractivity contribution in [2.75, 3.05) is 11.6 Å². The van der Waals surface area contributed by atoms with Crippen LogP contribution < -0.4 is 10.1 Å². The maximum absolute atomic E-state index is 13.2. The van der Waals surface area contributed by atoms with Crippen LogP contribution in [0.5, 0.6) is 11.5 Å². The quantitative estimate of drug-likeness (QED) is 0.436. The molecule has 3 aromatic carbocycles. The summed E-state index contributed by atoms with van der Waals surface area (Å²) in [6, 6.07) is 23.3. The Bertz CT molecular complexity index is 1190. The maximum atomic E-state index is 13.2. The van der Waals surface area contributed by atoms with Crippen molar-refractivity contribution in [1.82, 2.24) is 10.2 Å². The molecule has 0 bridgehead atoms. The lowest BCUT2D eigenvalue weighted by atomic mass is 9.87. The summed E-state index contributed by atoms with van der Waals surface area (Å²) in [7, 11) is 0. The summed E-state index contributed by atoms with van der Waals surface area (Å²) in [6.45, 7) is 0. The molecule has 0 saturated carbocycles. The molecule has 7 heteroatoms. The number of rotatable bonds is 5. The van der Waals surface area contributed by atoms with Crippen molar-refractivity contribution in [3.8, 4) is 11.5 Å². The predicted molar refractivity (Wildman–Crippen MR) is 119 cm³/mol. The molecule has 0 fully saturated rings. The Balaban J connectivity index is 1.36. The molecule has 0 saturated heterocycles. The Hall–Kier alpha value is -3.58. The maximum Gasteiger partial charge on any atom is 0.322 e. The van der Waals surface area contributed by atoms with Gasteiger partial charge in [0.15, 0.2) is 0 Å². The fraction of sp³-hybridized carbons (Fsp3) is 0.125. The number of hydrogen-bond donors (Lipinski definition) is 1. The van der Waals surface area contributed by atoms with Gasteiger partial charge in [0.2, 0.25) is 11.8 Å². The molecule has 1 aliphatic rings. The summed E-state index contributed by atoms with van der Waals surface area (Å²) in [5.74, 6) is 1.00. The third-order valence-electron chi connectivity index (χ3n) is 5.15. The average molecular weight is 430 g/mol.